The van der Waals surface area contributed by atoms with Crippen molar-refractivity contribution in [3.05, 3.63) is 101 Å². The van der Waals surface area contributed by atoms with Crippen LogP contribution in [0.15, 0.2) is 72.8 Å². The van der Waals surface area contributed by atoms with E-state index in [0.29, 0.717) is 46.5 Å². The van der Waals surface area contributed by atoms with Crippen LogP contribution in [0.1, 0.15) is 63.0 Å². The first kappa shape index (κ1) is 28.8. The number of carbonyl (C=O) groups excluding carboxylic acids is 3. The van der Waals surface area contributed by atoms with Gasteiger partial charge in [0.05, 0.1) is 12.7 Å². The summed E-state index contributed by atoms with van der Waals surface area (Å²) in [6, 6.07) is 16.9. The Morgan fingerprint density at radius 2 is 1.56 bits per heavy atom. The number of anilines is 1. The zero-order valence-corrected chi connectivity index (χ0v) is 22.6. The molecule has 0 fully saturated rings. The van der Waals surface area contributed by atoms with Gasteiger partial charge in [-0.2, -0.15) is 0 Å². The van der Waals surface area contributed by atoms with Crippen molar-refractivity contribution < 1.29 is 19.1 Å². The molecule has 0 unspecified atom stereocenters. The highest BCUT2D eigenvalue weighted by molar-refractivity contribution is 6.11. The van der Waals surface area contributed by atoms with E-state index in [2.05, 4.69) is 10.6 Å². The molecule has 3 rings (SSSR count). The van der Waals surface area contributed by atoms with Crippen LogP contribution in [-0.2, 0) is 11.2 Å². The summed E-state index contributed by atoms with van der Waals surface area (Å²) < 4.78 is 5.03. The van der Waals surface area contributed by atoms with Crippen molar-refractivity contribution in [2.45, 2.75) is 27.2 Å². The maximum atomic E-state index is 13.6. The lowest BCUT2D eigenvalue weighted by Crippen LogP contribution is -2.27. The minimum atomic E-state index is -0.618. The smallest absolute Gasteiger partial charge is 0.338 e. The Balaban J connectivity index is 2.08. The van der Waals surface area contributed by atoms with Crippen LogP contribution in [0.5, 0.6) is 0 Å². The molecule has 0 atom stereocenters. The SMILES string of the molecule is C/C=C/Cc1ccc(-c2ccc(C(=O)NCC(C)C)cc2C(=O)OC)c(C(=O)Nc2ccc(C(=N)N)cc2)c1. The second-order valence-corrected chi connectivity index (χ2v) is 9.45. The van der Waals surface area contributed by atoms with Gasteiger partial charge >= 0.3 is 5.97 Å². The lowest BCUT2D eigenvalue weighted by molar-refractivity contribution is 0.0601. The second kappa shape index (κ2) is 13.2. The summed E-state index contributed by atoms with van der Waals surface area (Å²) in [6.45, 7) is 6.41. The third-order valence-corrected chi connectivity index (χ3v) is 6.02. The van der Waals surface area contributed by atoms with Gasteiger partial charge in [0.15, 0.2) is 0 Å². The van der Waals surface area contributed by atoms with E-state index in [1.807, 2.05) is 39.0 Å². The number of ether oxygens (including phenoxy) is 1. The highest BCUT2D eigenvalue weighted by atomic mass is 16.5. The van der Waals surface area contributed by atoms with Gasteiger partial charge in [-0.1, -0.05) is 44.2 Å². The fourth-order valence-electron chi connectivity index (χ4n) is 3.92. The molecule has 8 heteroatoms. The first-order valence-electron chi connectivity index (χ1n) is 12.6. The summed E-state index contributed by atoms with van der Waals surface area (Å²) in [6.07, 6.45) is 4.55. The highest BCUT2D eigenvalue weighted by Gasteiger charge is 2.22. The Hall–Kier alpha value is -4.72. The number of carbonyl (C=O) groups is 3. The van der Waals surface area contributed by atoms with Crippen LogP contribution < -0.4 is 16.4 Å². The third kappa shape index (κ3) is 7.41. The normalized spacial score (nSPS) is 10.9. The number of nitrogens with two attached hydrogens (primary N) is 1. The highest BCUT2D eigenvalue weighted by Crippen LogP contribution is 2.31. The molecule has 3 aromatic rings. The monoisotopic (exact) mass is 526 g/mol. The van der Waals surface area contributed by atoms with Crippen molar-refractivity contribution in [2.75, 3.05) is 19.0 Å². The minimum Gasteiger partial charge on any atom is -0.465 e. The quantitative estimate of drug-likeness (QED) is 0.125. The summed E-state index contributed by atoms with van der Waals surface area (Å²) in [5.74, 6) is -1.09. The molecule has 3 aromatic carbocycles. The van der Waals surface area contributed by atoms with E-state index in [1.165, 1.54) is 13.2 Å². The van der Waals surface area contributed by atoms with Crippen LogP contribution in [0, 0.1) is 11.3 Å². The molecule has 0 aliphatic heterocycles. The van der Waals surface area contributed by atoms with Crippen LogP contribution in [0.2, 0.25) is 0 Å². The third-order valence-electron chi connectivity index (χ3n) is 6.02. The van der Waals surface area contributed by atoms with E-state index in [-0.39, 0.29) is 29.1 Å². The Morgan fingerprint density at radius 3 is 2.18 bits per heavy atom. The molecule has 0 aliphatic carbocycles. The van der Waals surface area contributed by atoms with Gasteiger partial charge in [-0.15, -0.1) is 0 Å². The predicted octanol–water partition coefficient (Wildman–Crippen LogP) is 5.18. The Bertz CT molecular complexity index is 1410. The number of allylic oxidation sites excluding steroid dienone is 2. The summed E-state index contributed by atoms with van der Waals surface area (Å²) in [5, 5.41) is 13.3. The van der Waals surface area contributed by atoms with Crippen LogP contribution in [-0.4, -0.2) is 37.3 Å². The van der Waals surface area contributed by atoms with E-state index >= 15 is 0 Å². The molecule has 202 valence electrons. The minimum absolute atomic E-state index is 0.0662. The van der Waals surface area contributed by atoms with Gasteiger partial charge in [0, 0.05) is 28.9 Å². The molecule has 0 aromatic heterocycles. The largest absolute Gasteiger partial charge is 0.465 e. The number of rotatable bonds is 10. The summed E-state index contributed by atoms with van der Waals surface area (Å²) in [7, 11) is 1.27. The molecule has 0 saturated heterocycles. The standard InChI is InChI=1S/C31H34N4O4/c1-5-6-7-20-8-14-24(26(16-20)30(37)35-23-12-9-21(10-13-23)28(32)33)25-15-11-22(17-27(25)31(38)39-4)29(36)34-18-19(2)3/h5-6,8-17,19H,7,18H2,1-4H3,(H3,32,33)(H,34,36)(H,35,37)/b6-5+. The molecular weight excluding hydrogens is 492 g/mol. The molecule has 0 radical (unpaired) electrons. The molecular formula is C31H34N4O4. The molecule has 0 aliphatic rings. The average molecular weight is 527 g/mol. The van der Waals surface area contributed by atoms with E-state index in [0.717, 1.165) is 5.56 Å². The molecule has 2 amide bonds. The van der Waals surface area contributed by atoms with Gasteiger partial charge in [-0.3, -0.25) is 15.0 Å². The van der Waals surface area contributed by atoms with Gasteiger partial charge in [-0.25, -0.2) is 4.79 Å². The number of esters is 1. The van der Waals surface area contributed by atoms with Crippen LogP contribution in [0.4, 0.5) is 5.69 Å². The maximum absolute atomic E-state index is 13.6. The maximum Gasteiger partial charge on any atom is 0.338 e. The number of amides is 2. The van der Waals surface area contributed by atoms with Crippen LogP contribution in [0.3, 0.4) is 0 Å². The average Bonchev–Trinajstić information content (AvgIpc) is 2.94. The Kier molecular flexibility index (Phi) is 9.75. The number of nitrogen functional groups attached to an aromatic ring is 1. The molecule has 0 bridgehead atoms. The summed E-state index contributed by atoms with van der Waals surface area (Å²) in [4.78, 5) is 39.1. The first-order valence-corrected chi connectivity index (χ1v) is 12.6. The van der Waals surface area contributed by atoms with Gasteiger partial charge in [0.2, 0.25) is 0 Å². The topological polar surface area (TPSA) is 134 Å². The number of nitrogens with one attached hydrogen (secondary N) is 3. The zero-order valence-electron chi connectivity index (χ0n) is 22.6. The Labute approximate surface area is 228 Å². The second-order valence-electron chi connectivity index (χ2n) is 9.45. The number of amidine groups is 1. The Morgan fingerprint density at radius 1 is 0.923 bits per heavy atom. The van der Waals surface area contributed by atoms with Crippen molar-refractivity contribution in [3.8, 4) is 11.1 Å². The number of benzene rings is 3. The molecule has 8 nitrogen and oxygen atoms in total. The fourth-order valence-corrected chi connectivity index (χ4v) is 3.92. The summed E-state index contributed by atoms with van der Waals surface area (Å²) in [5.41, 5.74) is 9.36. The van der Waals surface area contributed by atoms with E-state index < -0.39 is 5.97 Å². The van der Waals surface area contributed by atoms with Gasteiger partial charge in [-0.05, 0) is 78.4 Å². The van der Waals surface area contributed by atoms with E-state index in [1.54, 1.807) is 48.5 Å². The molecule has 39 heavy (non-hydrogen) atoms. The van der Waals surface area contributed by atoms with Crippen molar-refractivity contribution in [1.29, 1.82) is 5.41 Å². The molecule has 5 N–H and O–H groups in total. The van der Waals surface area contributed by atoms with E-state index in [9.17, 15) is 14.4 Å². The predicted molar refractivity (Wildman–Crippen MR) is 154 cm³/mol. The van der Waals surface area contributed by atoms with Crippen molar-refractivity contribution in [2.24, 2.45) is 11.7 Å². The van der Waals surface area contributed by atoms with E-state index in [4.69, 9.17) is 15.9 Å². The molecule has 0 spiro atoms. The van der Waals surface area contributed by atoms with Gasteiger partial charge < -0.3 is 21.1 Å². The lowest BCUT2D eigenvalue weighted by Gasteiger charge is -2.16. The first-order chi connectivity index (χ1) is 18.6. The van der Waals surface area contributed by atoms with Gasteiger partial charge in [0.1, 0.15) is 5.84 Å². The van der Waals surface area contributed by atoms with Crippen molar-refractivity contribution in [1.82, 2.24) is 5.32 Å². The molecule has 0 heterocycles. The van der Waals surface area contributed by atoms with Crippen LogP contribution >= 0.6 is 0 Å². The summed E-state index contributed by atoms with van der Waals surface area (Å²) >= 11 is 0. The van der Waals surface area contributed by atoms with Crippen molar-refractivity contribution in [3.63, 3.8) is 0 Å². The fraction of sp³-hybridized carbons (Fsp3) is 0.226. The van der Waals surface area contributed by atoms with Crippen LogP contribution in [0.25, 0.3) is 11.1 Å². The number of hydrogen-bond donors (Lipinski definition) is 4. The lowest BCUT2D eigenvalue weighted by atomic mass is 9.91. The zero-order chi connectivity index (χ0) is 28.5. The number of methoxy groups -OCH3 is 1. The van der Waals surface area contributed by atoms with Gasteiger partial charge in [0.25, 0.3) is 11.8 Å². The number of hydrogen-bond acceptors (Lipinski definition) is 5. The molecule has 0 saturated carbocycles. The van der Waals surface area contributed by atoms with Crippen molar-refractivity contribution >= 4 is 29.3 Å².